The van der Waals surface area contributed by atoms with Crippen LogP contribution in [0.25, 0.3) is 10.9 Å². The van der Waals surface area contributed by atoms with Crippen LogP contribution in [0.5, 0.6) is 0 Å². The molecular formula is C19H19NO2SSi. The Morgan fingerprint density at radius 2 is 1.62 bits per heavy atom. The Kier molecular flexibility index (Phi) is 4.12. The Hall–Kier alpha value is -2.29. The van der Waals surface area contributed by atoms with E-state index in [1.807, 2.05) is 24.3 Å². The highest BCUT2D eigenvalue weighted by Gasteiger charge is 2.19. The highest BCUT2D eigenvalue weighted by atomic mass is 32.2. The van der Waals surface area contributed by atoms with Gasteiger partial charge in [-0.1, -0.05) is 49.8 Å². The molecule has 0 unspecified atom stereocenters. The molecule has 0 atom stereocenters. The number of hydrogen-bond acceptors (Lipinski definition) is 2. The van der Waals surface area contributed by atoms with Crippen LogP contribution in [0, 0.1) is 11.5 Å². The average molecular weight is 354 g/mol. The van der Waals surface area contributed by atoms with Gasteiger partial charge in [-0.15, -0.1) is 5.54 Å². The van der Waals surface area contributed by atoms with E-state index in [0.717, 1.165) is 10.9 Å². The molecule has 0 amide bonds. The Balaban J connectivity index is 2.18. The molecule has 0 radical (unpaired) electrons. The van der Waals surface area contributed by atoms with Crippen molar-refractivity contribution in [3.8, 4) is 11.5 Å². The van der Waals surface area contributed by atoms with Gasteiger partial charge in [0.05, 0.1) is 10.4 Å². The minimum Gasteiger partial charge on any atom is -0.241 e. The lowest BCUT2D eigenvalue weighted by atomic mass is 10.1. The second-order valence-electron chi connectivity index (χ2n) is 6.67. The summed E-state index contributed by atoms with van der Waals surface area (Å²) < 4.78 is 27.1. The molecule has 5 heteroatoms. The molecule has 3 aromatic rings. The summed E-state index contributed by atoms with van der Waals surface area (Å²) >= 11 is 0. The molecule has 1 aromatic heterocycles. The van der Waals surface area contributed by atoms with Crippen LogP contribution in [-0.2, 0) is 10.0 Å². The van der Waals surface area contributed by atoms with Gasteiger partial charge < -0.3 is 0 Å². The van der Waals surface area contributed by atoms with E-state index in [-0.39, 0.29) is 4.90 Å². The number of aromatic nitrogens is 1. The molecule has 0 aliphatic heterocycles. The normalized spacial score (nSPS) is 12.0. The van der Waals surface area contributed by atoms with E-state index >= 15 is 0 Å². The second-order valence-corrected chi connectivity index (χ2v) is 13.2. The molecule has 0 N–H and O–H groups in total. The molecule has 1 heterocycles. The van der Waals surface area contributed by atoms with Crippen molar-refractivity contribution in [3.05, 3.63) is 66.4 Å². The first-order chi connectivity index (χ1) is 11.3. The SMILES string of the molecule is C[Si](C)(C)C#Cc1cccc2c1ccn2S(=O)(=O)c1ccccc1. The monoisotopic (exact) mass is 353 g/mol. The van der Waals surface area contributed by atoms with E-state index < -0.39 is 18.1 Å². The summed E-state index contributed by atoms with van der Waals surface area (Å²) in [6, 6.07) is 15.9. The van der Waals surface area contributed by atoms with Crippen molar-refractivity contribution in [1.29, 1.82) is 0 Å². The van der Waals surface area contributed by atoms with E-state index in [1.54, 1.807) is 36.5 Å². The molecule has 0 saturated heterocycles. The van der Waals surface area contributed by atoms with Crippen LogP contribution in [0.1, 0.15) is 5.56 Å². The van der Waals surface area contributed by atoms with Crippen molar-refractivity contribution in [2.45, 2.75) is 24.5 Å². The van der Waals surface area contributed by atoms with Gasteiger partial charge in [0.2, 0.25) is 0 Å². The van der Waals surface area contributed by atoms with Gasteiger partial charge in [-0.3, -0.25) is 0 Å². The lowest BCUT2D eigenvalue weighted by Gasteiger charge is -2.08. The fraction of sp³-hybridized carbons (Fsp3) is 0.158. The number of fused-ring (bicyclic) bond motifs is 1. The highest BCUT2D eigenvalue weighted by Crippen LogP contribution is 2.24. The van der Waals surface area contributed by atoms with Gasteiger partial charge in [0.15, 0.2) is 0 Å². The van der Waals surface area contributed by atoms with E-state index in [4.69, 9.17) is 0 Å². The number of hydrogen-bond donors (Lipinski definition) is 0. The third-order valence-electron chi connectivity index (χ3n) is 3.57. The van der Waals surface area contributed by atoms with Crippen LogP contribution in [-0.4, -0.2) is 20.5 Å². The van der Waals surface area contributed by atoms with Gasteiger partial charge in [-0.2, -0.15) is 0 Å². The number of nitrogens with zero attached hydrogens (tertiary/aromatic N) is 1. The van der Waals surface area contributed by atoms with Gasteiger partial charge in [0, 0.05) is 17.1 Å². The molecule has 122 valence electrons. The van der Waals surface area contributed by atoms with Crippen molar-refractivity contribution in [1.82, 2.24) is 3.97 Å². The third kappa shape index (κ3) is 3.16. The van der Waals surface area contributed by atoms with Crippen molar-refractivity contribution in [3.63, 3.8) is 0 Å². The van der Waals surface area contributed by atoms with Gasteiger partial charge in [0.1, 0.15) is 8.07 Å². The first-order valence-electron chi connectivity index (χ1n) is 7.73. The van der Waals surface area contributed by atoms with Crippen LogP contribution >= 0.6 is 0 Å². The summed E-state index contributed by atoms with van der Waals surface area (Å²) in [6.45, 7) is 6.56. The maximum Gasteiger partial charge on any atom is 0.268 e. The summed E-state index contributed by atoms with van der Waals surface area (Å²) in [7, 11) is -5.10. The van der Waals surface area contributed by atoms with E-state index in [9.17, 15) is 8.42 Å². The van der Waals surface area contributed by atoms with E-state index in [1.165, 1.54) is 3.97 Å². The number of rotatable bonds is 2. The summed E-state index contributed by atoms with van der Waals surface area (Å²) in [5.74, 6) is 3.24. The smallest absolute Gasteiger partial charge is 0.241 e. The van der Waals surface area contributed by atoms with E-state index in [2.05, 4.69) is 31.1 Å². The molecule has 24 heavy (non-hydrogen) atoms. The van der Waals surface area contributed by atoms with E-state index in [0.29, 0.717) is 5.52 Å². The van der Waals surface area contributed by atoms with Crippen molar-refractivity contribution >= 4 is 29.0 Å². The summed E-state index contributed by atoms with van der Waals surface area (Å²) in [5, 5.41) is 0.864. The Morgan fingerprint density at radius 3 is 2.29 bits per heavy atom. The second kappa shape index (κ2) is 5.97. The fourth-order valence-electron chi connectivity index (χ4n) is 2.42. The summed E-state index contributed by atoms with van der Waals surface area (Å²) in [5.41, 5.74) is 4.87. The minimum atomic E-state index is -3.61. The van der Waals surface area contributed by atoms with Gasteiger partial charge in [-0.25, -0.2) is 12.4 Å². The molecular weight excluding hydrogens is 334 g/mol. The lowest BCUT2D eigenvalue weighted by molar-refractivity contribution is 0.589. The van der Waals surface area contributed by atoms with Crippen LogP contribution in [0.3, 0.4) is 0 Å². The molecule has 0 bridgehead atoms. The summed E-state index contributed by atoms with van der Waals surface area (Å²) in [4.78, 5) is 0.279. The number of benzene rings is 2. The molecule has 0 aliphatic carbocycles. The molecule has 0 saturated carbocycles. The highest BCUT2D eigenvalue weighted by molar-refractivity contribution is 7.90. The average Bonchev–Trinajstić information content (AvgIpc) is 2.98. The largest absolute Gasteiger partial charge is 0.268 e. The Bertz CT molecular complexity index is 1050. The maximum absolute atomic E-state index is 12.9. The first-order valence-corrected chi connectivity index (χ1v) is 12.7. The lowest BCUT2D eigenvalue weighted by Crippen LogP contribution is -2.16. The predicted octanol–water partition coefficient (Wildman–Crippen LogP) is 4.11. The zero-order valence-corrected chi connectivity index (χ0v) is 15.8. The van der Waals surface area contributed by atoms with Crippen molar-refractivity contribution in [2.24, 2.45) is 0 Å². The maximum atomic E-state index is 12.9. The topological polar surface area (TPSA) is 39.1 Å². The first kappa shape index (κ1) is 16.6. The molecule has 0 aliphatic rings. The standard InChI is InChI=1S/C19H19NO2SSi/c1-24(2,3)15-13-16-8-7-11-19-18(16)12-14-20(19)23(21,22)17-9-5-4-6-10-17/h4-12,14H,1-3H3. The van der Waals surface area contributed by atoms with Crippen molar-refractivity contribution in [2.75, 3.05) is 0 Å². The summed E-state index contributed by atoms with van der Waals surface area (Å²) in [6.07, 6.45) is 1.60. The van der Waals surface area contributed by atoms with Crippen LogP contribution < -0.4 is 0 Å². The third-order valence-corrected chi connectivity index (χ3v) is 6.15. The van der Waals surface area contributed by atoms with Crippen LogP contribution in [0.4, 0.5) is 0 Å². The van der Waals surface area contributed by atoms with Gasteiger partial charge >= 0.3 is 0 Å². The van der Waals surface area contributed by atoms with Crippen LogP contribution in [0.15, 0.2) is 65.7 Å². The molecule has 3 nitrogen and oxygen atoms in total. The molecule has 0 fully saturated rings. The quantitative estimate of drug-likeness (QED) is 0.514. The van der Waals surface area contributed by atoms with Gasteiger partial charge in [-0.05, 0) is 30.3 Å². The molecule has 3 rings (SSSR count). The van der Waals surface area contributed by atoms with Crippen molar-refractivity contribution < 1.29 is 8.42 Å². The molecule has 0 spiro atoms. The molecule has 2 aromatic carbocycles. The fourth-order valence-corrected chi connectivity index (χ4v) is 4.30. The minimum absolute atomic E-state index is 0.279. The Morgan fingerprint density at radius 1 is 0.917 bits per heavy atom. The zero-order chi connectivity index (χ0) is 17.4. The Labute approximate surface area is 144 Å². The zero-order valence-electron chi connectivity index (χ0n) is 13.9. The van der Waals surface area contributed by atoms with Gasteiger partial charge in [0.25, 0.3) is 10.0 Å². The predicted molar refractivity (Wildman–Crippen MR) is 101 cm³/mol. The van der Waals surface area contributed by atoms with Crippen LogP contribution in [0.2, 0.25) is 19.6 Å².